The van der Waals surface area contributed by atoms with Crippen LogP contribution in [0.5, 0.6) is 0 Å². The maximum atomic E-state index is 14.2. The molecule has 8 saturated carbocycles. The maximum Gasteiger partial charge on any atom is 0.226 e. The quantitative estimate of drug-likeness (QED) is 0.557. The summed E-state index contributed by atoms with van der Waals surface area (Å²) in [6.45, 7) is 15.1. The minimum atomic E-state index is -0.0982. The molecule has 2 heteroatoms. The van der Waals surface area contributed by atoms with Gasteiger partial charge in [0, 0.05) is 5.54 Å². The molecule has 8 fully saturated rings. The molecule has 0 aromatic rings. The first kappa shape index (κ1) is 19.2. The predicted molar refractivity (Wildman–Crippen MR) is 117 cm³/mol. The molecule has 162 valence electrons. The third kappa shape index (κ3) is 2.62. The van der Waals surface area contributed by atoms with Gasteiger partial charge in [0.25, 0.3) is 0 Å². The van der Waals surface area contributed by atoms with Gasteiger partial charge in [0.05, 0.1) is 5.41 Å². The van der Waals surface area contributed by atoms with Crippen LogP contribution in [-0.4, -0.2) is 11.4 Å². The van der Waals surface area contributed by atoms with Gasteiger partial charge in [-0.3, -0.25) is 4.79 Å². The summed E-state index contributed by atoms with van der Waals surface area (Å²) >= 11 is 0. The van der Waals surface area contributed by atoms with Gasteiger partial charge in [0.2, 0.25) is 5.91 Å². The van der Waals surface area contributed by atoms with Crippen molar-refractivity contribution < 1.29 is 4.79 Å². The highest BCUT2D eigenvalue weighted by molar-refractivity contribution is 5.84. The molecule has 1 amide bonds. The van der Waals surface area contributed by atoms with Crippen molar-refractivity contribution in [2.24, 2.45) is 37.9 Å². The van der Waals surface area contributed by atoms with Gasteiger partial charge in [0.1, 0.15) is 0 Å². The fourth-order valence-corrected chi connectivity index (χ4v) is 13.3. The zero-order valence-corrected chi connectivity index (χ0v) is 19.9. The Labute approximate surface area is 178 Å². The second-order valence-electron chi connectivity index (χ2n) is 16.0. The van der Waals surface area contributed by atoms with Crippen molar-refractivity contribution in [2.75, 3.05) is 0 Å². The smallest absolute Gasteiger partial charge is 0.226 e. The van der Waals surface area contributed by atoms with E-state index < -0.39 is 0 Å². The first-order chi connectivity index (χ1) is 13.1. The summed E-state index contributed by atoms with van der Waals surface area (Å²) in [6, 6.07) is 0. The van der Waals surface area contributed by atoms with Gasteiger partial charge in [-0.2, -0.15) is 0 Å². The number of nitrogens with one attached hydrogen (secondary N) is 1. The van der Waals surface area contributed by atoms with Crippen LogP contribution in [0, 0.1) is 37.9 Å². The van der Waals surface area contributed by atoms with Crippen molar-refractivity contribution in [1.82, 2.24) is 5.32 Å². The van der Waals surface area contributed by atoms with Crippen molar-refractivity contribution in [1.29, 1.82) is 0 Å². The molecule has 0 radical (unpaired) electrons. The molecule has 29 heavy (non-hydrogen) atoms. The molecule has 8 aliphatic carbocycles. The summed E-state index contributed by atoms with van der Waals surface area (Å²) in [6.07, 6.45) is 15.2. The summed E-state index contributed by atoms with van der Waals surface area (Å²) in [5.41, 5.74) is 2.38. The van der Waals surface area contributed by atoms with Gasteiger partial charge >= 0.3 is 0 Å². The van der Waals surface area contributed by atoms with Gasteiger partial charge in [-0.05, 0) is 110 Å². The van der Waals surface area contributed by atoms with Crippen LogP contribution in [0.4, 0.5) is 0 Å². The summed E-state index contributed by atoms with van der Waals surface area (Å²) < 4.78 is 0. The third-order valence-electron chi connectivity index (χ3n) is 10.6. The highest BCUT2D eigenvalue weighted by atomic mass is 16.2. The lowest BCUT2D eigenvalue weighted by molar-refractivity contribution is -0.200. The predicted octanol–water partition coefficient (Wildman–Crippen LogP) is 6.63. The van der Waals surface area contributed by atoms with Gasteiger partial charge in [-0.1, -0.05) is 41.5 Å². The van der Waals surface area contributed by atoms with Crippen LogP contribution in [0.2, 0.25) is 0 Å². The van der Waals surface area contributed by atoms with Crippen molar-refractivity contribution in [2.45, 2.75) is 124 Å². The van der Waals surface area contributed by atoms with E-state index in [1.54, 1.807) is 0 Å². The van der Waals surface area contributed by atoms with Gasteiger partial charge in [-0.15, -0.1) is 0 Å². The average Bonchev–Trinajstić information content (AvgIpc) is 2.34. The highest BCUT2D eigenvalue weighted by Crippen LogP contribution is 2.74. The number of hydrogen-bond donors (Lipinski definition) is 1. The lowest BCUT2D eigenvalue weighted by Crippen LogP contribution is -2.70. The molecule has 0 aromatic heterocycles. The Bertz CT molecular complexity index is 702. The maximum absolute atomic E-state index is 14.2. The van der Waals surface area contributed by atoms with Crippen molar-refractivity contribution in [3.05, 3.63) is 0 Å². The Morgan fingerprint density at radius 2 is 0.759 bits per heavy atom. The summed E-state index contributed by atoms with van der Waals surface area (Å²) in [7, 11) is 0. The van der Waals surface area contributed by atoms with E-state index in [4.69, 9.17) is 0 Å². The summed E-state index contributed by atoms with van der Waals surface area (Å²) in [5, 5.41) is 3.87. The van der Waals surface area contributed by atoms with Gasteiger partial charge in [-0.25, -0.2) is 0 Å². The average molecular weight is 398 g/mol. The Morgan fingerprint density at radius 3 is 1.07 bits per heavy atom. The van der Waals surface area contributed by atoms with E-state index in [0.29, 0.717) is 38.4 Å². The van der Waals surface area contributed by atoms with Crippen LogP contribution in [-0.2, 0) is 4.79 Å². The standard InChI is InChI=1S/C27H43NO/c1-20-7-21(2)9-22(3,8-20)15-26(13-20,14-21)19(29)28-27-16-23(4)10-24(5,17-27)12-25(6,11-23)18-27/h7-18H2,1-6H3,(H,28,29). The van der Waals surface area contributed by atoms with Gasteiger partial charge in [0.15, 0.2) is 0 Å². The second-order valence-corrected chi connectivity index (χ2v) is 16.0. The van der Waals surface area contributed by atoms with Crippen molar-refractivity contribution in [3.63, 3.8) is 0 Å². The van der Waals surface area contributed by atoms with Crippen molar-refractivity contribution in [3.8, 4) is 0 Å². The van der Waals surface area contributed by atoms with E-state index in [9.17, 15) is 4.79 Å². The zero-order chi connectivity index (χ0) is 20.8. The number of amides is 1. The minimum Gasteiger partial charge on any atom is -0.350 e. The Balaban J connectivity index is 1.34. The Hall–Kier alpha value is -0.530. The molecule has 0 heterocycles. The fraction of sp³-hybridized carbons (Fsp3) is 0.963. The molecule has 0 aliphatic heterocycles. The molecule has 2 nitrogen and oxygen atoms in total. The Kier molecular flexibility index (Phi) is 3.16. The van der Waals surface area contributed by atoms with E-state index in [1.807, 2.05) is 0 Å². The van der Waals surface area contributed by atoms with E-state index in [1.165, 1.54) is 57.8 Å². The van der Waals surface area contributed by atoms with Crippen LogP contribution in [0.15, 0.2) is 0 Å². The number of hydrogen-bond acceptors (Lipinski definition) is 1. The summed E-state index contributed by atoms with van der Waals surface area (Å²) in [4.78, 5) is 14.2. The molecule has 0 spiro atoms. The number of carbonyl (C=O) groups excluding carboxylic acids is 1. The monoisotopic (exact) mass is 397 g/mol. The molecule has 8 rings (SSSR count). The lowest BCUT2D eigenvalue weighted by atomic mass is 9.36. The van der Waals surface area contributed by atoms with Gasteiger partial charge < -0.3 is 5.32 Å². The molecule has 0 saturated heterocycles. The largest absolute Gasteiger partial charge is 0.350 e. The van der Waals surface area contributed by atoms with E-state index >= 15 is 0 Å². The van der Waals surface area contributed by atoms with Crippen LogP contribution < -0.4 is 5.32 Å². The molecule has 8 bridgehead atoms. The van der Waals surface area contributed by atoms with Crippen LogP contribution in [0.1, 0.15) is 119 Å². The lowest BCUT2D eigenvalue weighted by Gasteiger charge is -2.71. The normalized spacial score (nSPS) is 64.5. The molecular formula is C27H43NO. The first-order valence-electron chi connectivity index (χ1n) is 12.4. The molecule has 0 atom stereocenters. The SMILES string of the molecule is CC12CC3(C)CC(C)(C1)CC(NC(=O)C14CC5(C)CC(C)(CC(C)(C5)C1)C4)(C2)C3. The fourth-order valence-electron chi connectivity index (χ4n) is 13.3. The minimum absolute atomic E-state index is 0.0656. The van der Waals surface area contributed by atoms with E-state index in [0.717, 1.165) is 19.3 Å². The molecule has 0 aromatic carbocycles. The van der Waals surface area contributed by atoms with Crippen LogP contribution in [0.3, 0.4) is 0 Å². The molecule has 0 unspecified atom stereocenters. The van der Waals surface area contributed by atoms with Crippen LogP contribution in [0.25, 0.3) is 0 Å². The molecular weight excluding hydrogens is 354 g/mol. The number of carbonyl (C=O) groups is 1. The Morgan fingerprint density at radius 1 is 0.483 bits per heavy atom. The van der Waals surface area contributed by atoms with E-state index in [-0.39, 0.29) is 11.0 Å². The first-order valence-corrected chi connectivity index (χ1v) is 12.4. The van der Waals surface area contributed by atoms with Crippen LogP contribution >= 0.6 is 0 Å². The summed E-state index contributed by atoms with van der Waals surface area (Å²) in [5.74, 6) is 0.457. The zero-order valence-electron chi connectivity index (χ0n) is 19.9. The van der Waals surface area contributed by atoms with Crippen molar-refractivity contribution >= 4 is 5.91 Å². The molecule has 8 aliphatic rings. The molecule has 1 N–H and O–H groups in total. The highest BCUT2D eigenvalue weighted by Gasteiger charge is 2.69. The van der Waals surface area contributed by atoms with E-state index in [2.05, 4.69) is 46.9 Å². The number of rotatable bonds is 2. The second kappa shape index (κ2) is 4.78. The third-order valence-corrected chi connectivity index (χ3v) is 10.6. The topological polar surface area (TPSA) is 29.1 Å².